The van der Waals surface area contributed by atoms with E-state index in [9.17, 15) is 4.79 Å². The summed E-state index contributed by atoms with van der Waals surface area (Å²) < 4.78 is 5.25. The van der Waals surface area contributed by atoms with Gasteiger partial charge >= 0.3 is 0 Å². The molecular formula is C15H23N3O2. The lowest BCUT2D eigenvalue weighted by Gasteiger charge is -2.24. The number of ether oxygens (including phenoxy) is 1. The zero-order chi connectivity index (χ0) is 14.4. The number of amides is 1. The molecule has 0 radical (unpaired) electrons. The first-order chi connectivity index (χ1) is 9.69. The summed E-state index contributed by atoms with van der Waals surface area (Å²) in [6.07, 6.45) is 2.53. The molecule has 1 aliphatic heterocycles. The molecule has 1 amide bonds. The standard InChI is InChI=1S/C15H23N3O2/c1-17-9-13-3-2-8-18(13)10-12-4-6-14(7-5-12)20-11-15(16)19/h4-7,13,17H,2-3,8-11H2,1H3,(H2,16,19). The third-order valence-corrected chi connectivity index (χ3v) is 3.63. The molecular weight excluding hydrogens is 254 g/mol. The molecule has 110 valence electrons. The van der Waals surface area contributed by atoms with E-state index in [-0.39, 0.29) is 6.61 Å². The lowest BCUT2D eigenvalue weighted by atomic mass is 10.1. The molecule has 3 N–H and O–H groups in total. The minimum Gasteiger partial charge on any atom is -0.484 e. The Morgan fingerprint density at radius 2 is 2.20 bits per heavy atom. The maximum atomic E-state index is 10.7. The molecule has 5 nitrogen and oxygen atoms in total. The summed E-state index contributed by atoms with van der Waals surface area (Å²) >= 11 is 0. The summed E-state index contributed by atoms with van der Waals surface area (Å²) in [6, 6.07) is 8.50. The van der Waals surface area contributed by atoms with Gasteiger partial charge in [-0.25, -0.2) is 0 Å². The van der Waals surface area contributed by atoms with Crippen molar-refractivity contribution in [2.75, 3.05) is 26.7 Å². The third kappa shape index (κ3) is 4.21. The van der Waals surface area contributed by atoms with Crippen LogP contribution in [0.25, 0.3) is 0 Å². The lowest BCUT2D eigenvalue weighted by molar-refractivity contribution is -0.119. The van der Waals surface area contributed by atoms with Crippen molar-refractivity contribution in [1.82, 2.24) is 10.2 Å². The molecule has 0 bridgehead atoms. The predicted molar refractivity (Wildman–Crippen MR) is 78.5 cm³/mol. The summed E-state index contributed by atoms with van der Waals surface area (Å²) in [4.78, 5) is 13.2. The van der Waals surface area contributed by atoms with Crippen LogP contribution in [0.4, 0.5) is 0 Å². The number of hydrogen-bond acceptors (Lipinski definition) is 4. The van der Waals surface area contributed by atoms with E-state index in [0.29, 0.717) is 11.8 Å². The predicted octanol–water partition coefficient (Wildman–Crippen LogP) is 0.735. The van der Waals surface area contributed by atoms with Gasteiger partial charge in [-0.3, -0.25) is 9.69 Å². The number of likely N-dealkylation sites (N-methyl/N-ethyl adjacent to an activating group) is 1. The molecule has 1 heterocycles. The van der Waals surface area contributed by atoms with Gasteiger partial charge in [0.15, 0.2) is 6.61 Å². The minimum atomic E-state index is -0.457. The van der Waals surface area contributed by atoms with Crippen molar-refractivity contribution in [2.24, 2.45) is 5.73 Å². The summed E-state index contributed by atoms with van der Waals surface area (Å²) in [5.41, 5.74) is 6.31. The maximum Gasteiger partial charge on any atom is 0.255 e. The molecule has 0 spiro atoms. The molecule has 20 heavy (non-hydrogen) atoms. The lowest BCUT2D eigenvalue weighted by Crippen LogP contribution is -2.36. The van der Waals surface area contributed by atoms with Gasteiger partial charge in [0.2, 0.25) is 0 Å². The van der Waals surface area contributed by atoms with Crippen LogP contribution >= 0.6 is 0 Å². The molecule has 1 unspecified atom stereocenters. The first-order valence-electron chi connectivity index (χ1n) is 7.07. The second kappa shape index (κ2) is 7.26. The highest BCUT2D eigenvalue weighted by molar-refractivity contribution is 5.75. The number of nitrogens with two attached hydrogens (primary N) is 1. The molecule has 5 heteroatoms. The highest BCUT2D eigenvalue weighted by atomic mass is 16.5. The SMILES string of the molecule is CNCC1CCCN1Cc1ccc(OCC(N)=O)cc1. The summed E-state index contributed by atoms with van der Waals surface area (Å²) in [6.45, 7) is 3.09. The van der Waals surface area contributed by atoms with Crippen LogP contribution in [0.1, 0.15) is 18.4 Å². The molecule has 1 aliphatic rings. The van der Waals surface area contributed by atoms with Gasteiger partial charge in [-0.15, -0.1) is 0 Å². The highest BCUT2D eigenvalue weighted by Crippen LogP contribution is 2.20. The molecule has 0 aromatic heterocycles. The van der Waals surface area contributed by atoms with Gasteiger partial charge in [-0.05, 0) is 44.1 Å². The smallest absolute Gasteiger partial charge is 0.255 e. The van der Waals surface area contributed by atoms with E-state index >= 15 is 0 Å². The van der Waals surface area contributed by atoms with Crippen molar-refractivity contribution >= 4 is 5.91 Å². The van der Waals surface area contributed by atoms with Crippen LogP contribution in [0, 0.1) is 0 Å². The van der Waals surface area contributed by atoms with Gasteiger partial charge in [0.05, 0.1) is 0 Å². The van der Waals surface area contributed by atoms with Crippen LogP contribution in [-0.4, -0.2) is 43.6 Å². The fourth-order valence-electron chi connectivity index (χ4n) is 2.65. The Bertz CT molecular complexity index is 433. The van der Waals surface area contributed by atoms with Crippen molar-refractivity contribution in [2.45, 2.75) is 25.4 Å². The molecule has 1 aromatic rings. The van der Waals surface area contributed by atoms with Crippen molar-refractivity contribution in [3.05, 3.63) is 29.8 Å². The molecule has 1 aromatic carbocycles. The zero-order valence-corrected chi connectivity index (χ0v) is 12.0. The summed E-state index contributed by atoms with van der Waals surface area (Å²) in [5.74, 6) is 0.224. The zero-order valence-electron chi connectivity index (χ0n) is 12.0. The van der Waals surface area contributed by atoms with Crippen molar-refractivity contribution in [1.29, 1.82) is 0 Å². The number of nitrogens with zero attached hydrogens (tertiary/aromatic N) is 1. The van der Waals surface area contributed by atoms with Gasteiger partial charge in [0, 0.05) is 19.1 Å². The van der Waals surface area contributed by atoms with Gasteiger partial charge in [-0.1, -0.05) is 12.1 Å². The molecule has 0 saturated carbocycles. The number of carbonyl (C=O) groups is 1. The number of nitrogens with one attached hydrogen (secondary N) is 1. The van der Waals surface area contributed by atoms with Crippen LogP contribution in [0.15, 0.2) is 24.3 Å². The van der Waals surface area contributed by atoms with Crippen molar-refractivity contribution in [3.63, 3.8) is 0 Å². The monoisotopic (exact) mass is 277 g/mol. The molecule has 2 rings (SSSR count). The van der Waals surface area contributed by atoms with Gasteiger partial charge in [-0.2, -0.15) is 0 Å². The van der Waals surface area contributed by atoms with E-state index in [0.717, 1.165) is 19.6 Å². The Morgan fingerprint density at radius 3 is 2.85 bits per heavy atom. The van der Waals surface area contributed by atoms with Gasteiger partial charge < -0.3 is 15.8 Å². The number of likely N-dealkylation sites (tertiary alicyclic amines) is 1. The topological polar surface area (TPSA) is 67.6 Å². The van der Waals surface area contributed by atoms with Crippen LogP contribution in [0.5, 0.6) is 5.75 Å². The number of benzene rings is 1. The fraction of sp³-hybridized carbons (Fsp3) is 0.533. The number of rotatable bonds is 7. The summed E-state index contributed by atoms with van der Waals surface area (Å²) in [5, 5.41) is 3.26. The first-order valence-corrected chi connectivity index (χ1v) is 7.07. The first kappa shape index (κ1) is 14.8. The molecule has 1 fully saturated rings. The van der Waals surface area contributed by atoms with Crippen molar-refractivity contribution < 1.29 is 9.53 Å². The van der Waals surface area contributed by atoms with Crippen molar-refractivity contribution in [3.8, 4) is 5.75 Å². The van der Waals surface area contributed by atoms with Crippen LogP contribution in [0.2, 0.25) is 0 Å². The summed E-state index contributed by atoms with van der Waals surface area (Å²) in [7, 11) is 2.00. The van der Waals surface area contributed by atoms with Crippen LogP contribution < -0.4 is 15.8 Å². The Balaban J connectivity index is 1.88. The van der Waals surface area contributed by atoms with Crippen LogP contribution in [-0.2, 0) is 11.3 Å². The Kier molecular flexibility index (Phi) is 5.38. The van der Waals surface area contributed by atoms with E-state index in [4.69, 9.17) is 10.5 Å². The number of primary amides is 1. The fourth-order valence-corrected chi connectivity index (χ4v) is 2.65. The van der Waals surface area contributed by atoms with E-state index in [1.165, 1.54) is 18.4 Å². The Hall–Kier alpha value is -1.59. The van der Waals surface area contributed by atoms with Crippen LogP contribution in [0.3, 0.4) is 0 Å². The van der Waals surface area contributed by atoms with E-state index < -0.39 is 5.91 Å². The highest BCUT2D eigenvalue weighted by Gasteiger charge is 2.23. The quantitative estimate of drug-likeness (QED) is 0.771. The third-order valence-electron chi connectivity index (χ3n) is 3.63. The van der Waals surface area contributed by atoms with E-state index in [1.807, 2.05) is 31.3 Å². The van der Waals surface area contributed by atoms with Gasteiger partial charge in [0.25, 0.3) is 5.91 Å². The maximum absolute atomic E-state index is 10.7. The van der Waals surface area contributed by atoms with Gasteiger partial charge in [0.1, 0.15) is 5.75 Å². The average molecular weight is 277 g/mol. The second-order valence-electron chi connectivity index (χ2n) is 5.22. The number of hydrogen-bond donors (Lipinski definition) is 2. The minimum absolute atomic E-state index is 0.0737. The van der Waals surface area contributed by atoms with E-state index in [2.05, 4.69) is 10.2 Å². The molecule has 1 saturated heterocycles. The van der Waals surface area contributed by atoms with E-state index in [1.54, 1.807) is 0 Å². The average Bonchev–Trinajstić information content (AvgIpc) is 2.86. The molecule has 0 aliphatic carbocycles. The Labute approximate surface area is 120 Å². The largest absolute Gasteiger partial charge is 0.484 e. The molecule has 1 atom stereocenters. The normalized spacial score (nSPS) is 19.1. The number of carbonyl (C=O) groups excluding carboxylic acids is 1. The second-order valence-corrected chi connectivity index (χ2v) is 5.22. The Morgan fingerprint density at radius 1 is 1.45 bits per heavy atom.